The van der Waals surface area contributed by atoms with Gasteiger partial charge in [-0.1, -0.05) is 23.5 Å². The highest BCUT2D eigenvalue weighted by atomic mass is 32.1. The average molecular weight is 463 g/mol. The van der Waals surface area contributed by atoms with Gasteiger partial charge in [0.25, 0.3) is 5.91 Å². The molecule has 3 amide bonds. The Labute approximate surface area is 189 Å². The van der Waals surface area contributed by atoms with Gasteiger partial charge in [-0.05, 0) is 17.9 Å². The molecule has 0 radical (unpaired) electrons. The fraction of sp³-hybridized carbons (Fsp3) is 0.476. The summed E-state index contributed by atoms with van der Waals surface area (Å²) >= 11 is 1.17. The van der Waals surface area contributed by atoms with E-state index in [0.717, 1.165) is 0 Å². The predicted octanol–water partition coefficient (Wildman–Crippen LogP) is 1.50. The van der Waals surface area contributed by atoms with Crippen molar-refractivity contribution in [3.8, 4) is 0 Å². The molecule has 2 fully saturated rings. The van der Waals surface area contributed by atoms with Crippen molar-refractivity contribution in [2.75, 3.05) is 39.3 Å². The van der Waals surface area contributed by atoms with Crippen molar-refractivity contribution < 1.29 is 28.3 Å². The van der Waals surface area contributed by atoms with Gasteiger partial charge in [-0.3, -0.25) is 24.2 Å². The van der Waals surface area contributed by atoms with E-state index in [1.165, 1.54) is 34.3 Å². The van der Waals surface area contributed by atoms with E-state index in [0.29, 0.717) is 36.6 Å². The second-order valence-electron chi connectivity index (χ2n) is 7.60. The lowest BCUT2D eigenvalue weighted by Crippen LogP contribution is -2.41. The van der Waals surface area contributed by atoms with Gasteiger partial charge in [-0.2, -0.15) is 0 Å². The molecule has 3 aliphatic rings. The molecule has 32 heavy (non-hydrogen) atoms. The van der Waals surface area contributed by atoms with E-state index in [-0.39, 0.29) is 37.3 Å². The zero-order valence-corrected chi connectivity index (χ0v) is 18.3. The van der Waals surface area contributed by atoms with E-state index in [1.807, 2.05) is 11.0 Å². The largest absolute Gasteiger partial charge is 0.442 e. The second-order valence-corrected chi connectivity index (χ2v) is 8.44. The number of carbonyl (C=O) groups excluding carboxylic acids is 3. The number of amides is 3. The summed E-state index contributed by atoms with van der Waals surface area (Å²) in [5.74, 6) is -0.820. The van der Waals surface area contributed by atoms with Crippen molar-refractivity contribution in [2.24, 2.45) is 0 Å². The monoisotopic (exact) mass is 462 g/mol. The van der Waals surface area contributed by atoms with Crippen LogP contribution in [0.15, 0.2) is 29.7 Å². The molecule has 9 nitrogen and oxygen atoms in total. The van der Waals surface area contributed by atoms with Crippen LogP contribution in [0.25, 0.3) is 0 Å². The highest BCUT2D eigenvalue weighted by Crippen LogP contribution is 2.28. The van der Waals surface area contributed by atoms with Crippen LogP contribution in [0.5, 0.6) is 0 Å². The third kappa shape index (κ3) is 4.93. The number of halogens is 1. The highest BCUT2D eigenvalue weighted by Gasteiger charge is 2.36. The van der Waals surface area contributed by atoms with E-state index in [2.05, 4.69) is 16.8 Å². The Morgan fingerprint density at radius 3 is 2.91 bits per heavy atom. The summed E-state index contributed by atoms with van der Waals surface area (Å²) in [5.41, 5.74) is 0.446. The van der Waals surface area contributed by atoms with Gasteiger partial charge in [0.2, 0.25) is 5.91 Å². The number of cyclic esters (lactones) is 1. The number of rotatable bonds is 5. The Hall–Kier alpha value is -2.94. The van der Waals surface area contributed by atoms with Crippen molar-refractivity contribution in [3.05, 3.63) is 46.1 Å². The molecule has 2 atom stereocenters. The minimum absolute atomic E-state index is 0.209. The number of hydrogen-bond donors (Lipinski definition) is 1. The van der Waals surface area contributed by atoms with Crippen LogP contribution in [-0.4, -0.2) is 84.2 Å². The van der Waals surface area contributed by atoms with E-state index in [9.17, 15) is 14.4 Å². The Bertz CT molecular complexity index is 935. The molecular formula is C21H23FN4O5S. The van der Waals surface area contributed by atoms with E-state index in [4.69, 9.17) is 9.57 Å². The van der Waals surface area contributed by atoms with Gasteiger partial charge in [0.15, 0.2) is 0 Å². The molecule has 1 N–H and O–H groups in total. The molecule has 11 heteroatoms. The number of nitrogens with zero attached hydrogens (tertiary/aromatic N) is 3. The van der Waals surface area contributed by atoms with Gasteiger partial charge < -0.3 is 10.1 Å². The minimum atomic E-state index is -0.561. The summed E-state index contributed by atoms with van der Waals surface area (Å²) < 4.78 is 20.3. The average Bonchev–Trinajstić information content (AvgIpc) is 3.36. The summed E-state index contributed by atoms with van der Waals surface area (Å²) in [4.78, 5) is 45.1. The van der Waals surface area contributed by atoms with Crippen LogP contribution in [0.3, 0.4) is 0 Å². The standard InChI is InChI=1S/C21H23FN4O5S/c1-14(27)23-12-16-13-25(21(29)31-16)15-4-5-18(17(22)11-15)24-6-7-26(30-9-8-24)20(28)19-3-2-10-32-19/h3-4,11,16,18H,5-9,12-13H2,1H3,(H,23,27)/t16-,18?/m0/s1. The summed E-state index contributed by atoms with van der Waals surface area (Å²) in [6.45, 7) is 3.32. The molecule has 0 saturated carbocycles. The molecule has 1 aromatic heterocycles. The zero-order valence-electron chi connectivity index (χ0n) is 17.5. The minimum Gasteiger partial charge on any atom is -0.442 e. The number of allylic oxidation sites excluding steroid dienone is 1. The van der Waals surface area contributed by atoms with Crippen LogP contribution in [-0.2, 0) is 14.4 Å². The third-order valence-electron chi connectivity index (χ3n) is 5.44. The van der Waals surface area contributed by atoms with Gasteiger partial charge in [-0.15, -0.1) is 0 Å². The molecular weight excluding hydrogens is 439 g/mol. The SMILES string of the molecule is CC(=O)NC[C@H]1CN(C2=CCC(N3CCON(C(=O)c4cc#cs4)CC3)C(F)=C2)C(=O)O1. The van der Waals surface area contributed by atoms with Crippen molar-refractivity contribution >= 4 is 29.2 Å². The smallest absolute Gasteiger partial charge is 0.414 e. The fourth-order valence-electron chi connectivity index (χ4n) is 3.82. The van der Waals surface area contributed by atoms with E-state index < -0.39 is 18.2 Å². The molecule has 1 aliphatic carbocycles. The molecule has 170 valence electrons. The molecule has 0 bridgehead atoms. The molecule has 2 saturated heterocycles. The highest BCUT2D eigenvalue weighted by molar-refractivity contribution is 7.11. The lowest BCUT2D eigenvalue weighted by molar-refractivity contribution is -0.119. The Morgan fingerprint density at radius 1 is 1.34 bits per heavy atom. The molecule has 1 unspecified atom stereocenters. The number of carbonyl (C=O) groups is 3. The Morgan fingerprint density at radius 2 is 2.19 bits per heavy atom. The third-order valence-corrected chi connectivity index (χ3v) is 6.17. The second kappa shape index (κ2) is 9.68. The van der Waals surface area contributed by atoms with Gasteiger partial charge in [-0.25, -0.2) is 14.2 Å². The van der Waals surface area contributed by atoms with E-state index >= 15 is 4.39 Å². The van der Waals surface area contributed by atoms with Gasteiger partial charge in [0.1, 0.15) is 16.8 Å². The fourth-order valence-corrected chi connectivity index (χ4v) is 4.36. The number of nitrogens with one attached hydrogen (secondary N) is 1. The first-order valence-electron chi connectivity index (χ1n) is 10.3. The summed E-state index contributed by atoms with van der Waals surface area (Å²) in [6, 6.07) is 3.82. The molecule has 4 rings (SSSR count). The number of ether oxygens (including phenoxy) is 1. The molecule has 0 spiro atoms. The first-order valence-corrected chi connectivity index (χ1v) is 11.1. The van der Waals surface area contributed by atoms with Gasteiger partial charge >= 0.3 is 6.09 Å². The van der Waals surface area contributed by atoms with Crippen LogP contribution in [0.1, 0.15) is 23.0 Å². The maximum absolute atomic E-state index is 15.0. The topological polar surface area (TPSA) is 91.4 Å². The summed E-state index contributed by atoms with van der Waals surface area (Å²) in [7, 11) is 0. The Kier molecular flexibility index (Phi) is 6.74. The summed E-state index contributed by atoms with van der Waals surface area (Å²) in [6.07, 6.45) is 2.49. The molecule has 0 aromatic carbocycles. The Balaban J connectivity index is 1.34. The first kappa shape index (κ1) is 22.3. The lowest BCUT2D eigenvalue weighted by Gasteiger charge is -2.31. The van der Waals surface area contributed by atoms with Crippen LogP contribution < -0.4 is 5.32 Å². The van der Waals surface area contributed by atoms with Gasteiger partial charge in [0.05, 0.1) is 32.3 Å². The molecule has 1 aromatic rings. The van der Waals surface area contributed by atoms with Crippen molar-refractivity contribution in [1.29, 1.82) is 0 Å². The maximum atomic E-state index is 15.0. The van der Waals surface area contributed by atoms with Crippen molar-refractivity contribution in [3.63, 3.8) is 0 Å². The maximum Gasteiger partial charge on any atom is 0.414 e. The lowest BCUT2D eigenvalue weighted by atomic mass is 10.0. The first-order chi connectivity index (χ1) is 15.4. The zero-order chi connectivity index (χ0) is 22.7. The number of hydrogen-bond acceptors (Lipinski definition) is 7. The molecule has 3 heterocycles. The van der Waals surface area contributed by atoms with Crippen molar-refractivity contribution in [2.45, 2.75) is 25.5 Å². The summed E-state index contributed by atoms with van der Waals surface area (Å²) in [5, 5.41) is 6.68. The number of hydroxylamine groups is 2. The van der Waals surface area contributed by atoms with Gasteiger partial charge in [0, 0.05) is 31.8 Å². The van der Waals surface area contributed by atoms with Crippen LogP contribution >= 0.6 is 11.3 Å². The molecule has 2 aliphatic heterocycles. The predicted molar refractivity (Wildman–Crippen MR) is 112 cm³/mol. The van der Waals surface area contributed by atoms with Crippen LogP contribution in [0, 0.1) is 11.4 Å². The van der Waals surface area contributed by atoms with Crippen molar-refractivity contribution in [1.82, 2.24) is 20.2 Å². The van der Waals surface area contributed by atoms with Crippen LogP contribution in [0.2, 0.25) is 0 Å². The normalized spacial score (nSPS) is 24.2. The van der Waals surface area contributed by atoms with E-state index in [1.54, 1.807) is 6.07 Å². The van der Waals surface area contributed by atoms with Crippen LogP contribution in [0.4, 0.5) is 9.18 Å². The quantitative estimate of drug-likeness (QED) is 0.713.